The monoisotopic (exact) mass is 281 g/mol. The Balaban J connectivity index is 2.10. The maximum Gasteiger partial charge on any atom is 0.127 e. The van der Waals surface area contributed by atoms with Gasteiger partial charge in [0.2, 0.25) is 0 Å². The van der Waals surface area contributed by atoms with Crippen LogP contribution in [0.5, 0.6) is 11.5 Å². The first-order valence-electron chi connectivity index (χ1n) is 6.96. The molecule has 2 rings (SSSR count). The highest BCUT2D eigenvalue weighted by Crippen LogP contribution is 2.29. The molecule has 21 heavy (non-hydrogen) atoms. The maximum absolute atomic E-state index is 10.3. The molecule has 0 aromatic heterocycles. The summed E-state index contributed by atoms with van der Waals surface area (Å²) in [5, 5.41) is 19.0. The molecule has 0 radical (unpaired) electrons. The van der Waals surface area contributed by atoms with Crippen LogP contribution in [0.15, 0.2) is 48.5 Å². The summed E-state index contributed by atoms with van der Waals surface area (Å²) in [6, 6.07) is 17.2. The van der Waals surface area contributed by atoms with Crippen LogP contribution in [0.3, 0.4) is 0 Å². The molecule has 2 aromatic carbocycles. The van der Waals surface area contributed by atoms with Crippen molar-refractivity contribution in [2.24, 2.45) is 0 Å². The SMILES string of the molecule is Cc1cccc(Oc2ccc(C(C)(O)CCC#N)cc2)c1. The van der Waals surface area contributed by atoms with Crippen LogP contribution in [0.4, 0.5) is 0 Å². The zero-order valence-electron chi connectivity index (χ0n) is 12.3. The number of aryl methyl sites for hydroxylation is 1. The Morgan fingerprint density at radius 3 is 2.48 bits per heavy atom. The van der Waals surface area contributed by atoms with E-state index in [4.69, 9.17) is 10.00 Å². The Kier molecular flexibility index (Phi) is 4.62. The molecule has 1 N–H and O–H groups in total. The number of nitrogens with zero attached hydrogens (tertiary/aromatic N) is 1. The largest absolute Gasteiger partial charge is 0.457 e. The van der Waals surface area contributed by atoms with Crippen molar-refractivity contribution < 1.29 is 9.84 Å². The molecule has 0 aliphatic carbocycles. The van der Waals surface area contributed by atoms with Gasteiger partial charge in [-0.25, -0.2) is 0 Å². The summed E-state index contributed by atoms with van der Waals surface area (Å²) in [7, 11) is 0. The van der Waals surface area contributed by atoms with Crippen molar-refractivity contribution in [3.05, 3.63) is 59.7 Å². The minimum absolute atomic E-state index is 0.328. The minimum atomic E-state index is -0.988. The van der Waals surface area contributed by atoms with Gasteiger partial charge in [0, 0.05) is 6.42 Å². The molecule has 0 aliphatic heterocycles. The summed E-state index contributed by atoms with van der Waals surface area (Å²) >= 11 is 0. The average Bonchev–Trinajstić information content (AvgIpc) is 2.46. The molecule has 0 amide bonds. The predicted molar refractivity (Wildman–Crippen MR) is 82.1 cm³/mol. The molecule has 1 unspecified atom stereocenters. The molecule has 0 bridgehead atoms. The van der Waals surface area contributed by atoms with Crippen molar-refractivity contribution in [2.45, 2.75) is 32.3 Å². The van der Waals surface area contributed by atoms with Crippen LogP contribution >= 0.6 is 0 Å². The molecule has 0 saturated heterocycles. The lowest BCUT2D eigenvalue weighted by Gasteiger charge is -2.22. The van der Waals surface area contributed by atoms with Gasteiger partial charge >= 0.3 is 0 Å². The van der Waals surface area contributed by atoms with E-state index in [1.807, 2.05) is 55.5 Å². The molecule has 108 valence electrons. The van der Waals surface area contributed by atoms with E-state index in [1.165, 1.54) is 0 Å². The fourth-order valence-electron chi connectivity index (χ4n) is 2.14. The number of hydrogen-bond acceptors (Lipinski definition) is 3. The fourth-order valence-corrected chi connectivity index (χ4v) is 2.14. The van der Waals surface area contributed by atoms with E-state index in [2.05, 4.69) is 6.07 Å². The molecule has 2 aromatic rings. The van der Waals surface area contributed by atoms with Crippen LogP contribution in [0, 0.1) is 18.3 Å². The average molecular weight is 281 g/mol. The molecule has 0 heterocycles. The summed E-state index contributed by atoms with van der Waals surface area (Å²) in [6.07, 6.45) is 0.746. The fraction of sp³-hybridized carbons (Fsp3) is 0.278. The van der Waals surface area contributed by atoms with Crippen LogP contribution in [-0.4, -0.2) is 5.11 Å². The highest BCUT2D eigenvalue weighted by atomic mass is 16.5. The van der Waals surface area contributed by atoms with E-state index < -0.39 is 5.60 Å². The number of benzene rings is 2. The zero-order chi connectivity index (χ0) is 15.3. The second-order valence-corrected chi connectivity index (χ2v) is 5.37. The maximum atomic E-state index is 10.3. The van der Waals surface area contributed by atoms with E-state index >= 15 is 0 Å². The van der Waals surface area contributed by atoms with Crippen molar-refractivity contribution in [3.63, 3.8) is 0 Å². The first kappa shape index (κ1) is 15.1. The molecule has 0 saturated carbocycles. The van der Waals surface area contributed by atoms with Gasteiger partial charge in [0.05, 0.1) is 11.7 Å². The molecule has 0 fully saturated rings. The first-order chi connectivity index (χ1) is 10.0. The molecule has 0 aliphatic rings. The Bertz CT molecular complexity index is 639. The van der Waals surface area contributed by atoms with Crippen molar-refractivity contribution in [1.29, 1.82) is 5.26 Å². The summed E-state index contributed by atoms with van der Waals surface area (Å²) in [5.41, 5.74) is 0.940. The topological polar surface area (TPSA) is 53.2 Å². The third-order valence-electron chi connectivity index (χ3n) is 3.43. The van der Waals surface area contributed by atoms with Crippen molar-refractivity contribution in [2.75, 3.05) is 0 Å². The number of aliphatic hydroxyl groups is 1. The van der Waals surface area contributed by atoms with Gasteiger partial charge in [0.15, 0.2) is 0 Å². The Hall–Kier alpha value is -2.31. The van der Waals surface area contributed by atoms with Gasteiger partial charge in [-0.1, -0.05) is 24.3 Å². The predicted octanol–water partition coefficient (Wildman–Crippen LogP) is 4.30. The number of ether oxygens (including phenoxy) is 1. The van der Waals surface area contributed by atoms with Gasteiger partial charge in [-0.15, -0.1) is 0 Å². The van der Waals surface area contributed by atoms with Crippen LogP contribution in [-0.2, 0) is 5.60 Å². The molecule has 0 spiro atoms. The highest BCUT2D eigenvalue weighted by molar-refractivity contribution is 5.36. The smallest absolute Gasteiger partial charge is 0.127 e. The zero-order valence-corrected chi connectivity index (χ0v) is 12.3. The first-order valence-corrected chi connectivity index (χ1v) is 6.96. The normalized spacial score (nSPS) is 13.2. The van der Waals surface area contributed by atoms with Crippen LogP contribution in [0.2, 0.25) is 0 Å². The Morgan fingerprint density at radius 1 is 1.14 bits per heavy atom. The number of nitriles is 1. The number of rotatable bonds is 5. The Morgan fingerprint density at radius 2 is 1.86 bits per heavy atom. The van der Waals surface area contributed by atoms with Gasteiger partial charge in [-0.05, 0) is 55.7 Å². The molecule has 1 atom stereocenters. The second kappa shape index (κ2) is 6.43. The lowest BCUT2D eigenvalue weighted by Crippen LogP contribution is -2.20. The van der Waals surface area contributed by atoms with Crippen LogP contribution in [0.1, 0.15) is 30.9 Å². The minimum Gasteiger partial charge on any atom is -0.457 e. The van der Waals surface area contributed by atoms with Crippen LogP contribution < -0.4 is 4.74 Å². The Labute approximate surface area is 125 Å². The lowest BCUT2D eigenvalue weighted by atomic mass is 9.91. The van der Waals surface area contributed by atoms with Gasteiger partial charge < -0.3 is 9.84 Å². The number of hydrogen-bond donors (Lipinski definition) is 1. The van der Waals surface area contributed by atoms with Gasteiger partial charge in [-0.3, -0.25) is 0 Å². The molecular formula is C18H19NO2. The third kappa shape index (κ3) is 4.08. The second-order valence-electron chi connectivity index (χ2n) is 5.37. The van der Waals surface area contributed by atoms with Gasteiger partial charge in [0.25, 0.3) is 0 Å². The quantitative estimate of drug-likeness (QED) is 0.889. The summed E-state index contributed by atoms with van der Waals surface area (Å²) in [4.78, 5) is 0. The third-order valence-corrected chi connectivity index (χ3v) is 3.43. The molecule has 3 nitrogen and oxygen atoms in total. The van der Waals surface area contributed by atoms with Gasteiger partial charge in [0.1, 0.15) is 11.5 Å². The van der Waals surface area contributed by atoms with E-state index in [-0.39, 0.29) is 0 Å². The van der Waals surface area contributed by atoms with Crippen molar-refractivity contribution >= 4 is 0 Å². The molecule has 3 heteroatoms. The standard InChI is InChI=1S/C18H19NO2/c1-14-5-3-6-17(13-14)21-16-9-7-15(8-10-16)18(2,20)11-4-12-19/h3,5-10,13,20H,4,11H2,1-2H3. The lowest BCUT2D eigenvalue weighted by molar-refractivity contribution is 0.0492. The summed E-state index contributed by atoms with van der Waals surface area (Å²) in [6.45, 7) is 3.74. The van der Waals surface area contributed by atoms with E-state index in [0.29, 0.717) is 12.8 Å². The summed E-state index contributed by atoms with van der Waals surface area (Å²) in [5.74, 6) is 1.51. The van der Waals surface area contributed by atoms with E-state index in [9.17, 15) is 5.11 Å². The highest BCUT2D eigenvalue weighted by Gasteiger charge is 2.22. The summed E-state index contributed by atoms with van der Waals surface area (Å²) < 4.78 is 5.77. The molecular weight excluding hydrogens is 262 g/mol. The van der Waals surface area contributed by atoms with Crippen LogP contribution in [0.25, 0.3) is 0 Å². The van der Waals surface area contributed by atoms with E-state index in [0.717, 1.165) is 22.6 Å². The van der Waals surface area contributed by atoms with Crippen molar-refractivity contribution in [3.8, 4) is 17.6 Å². The van der Waals surface area contributed by atoms with E-state index in [1.54, 1.807) is 6.92 Å². The van der Waals surface area contributed by atoms with Crippen molar-refractivity contribution in [1.82, 2.24) is 0 Å². The van der Waals surface area contributed by atoms with Gasteiger partial charge in [-0.2, -0.15) is 5.26 Å².